The molecule has 0 saturated carbocycles. The lowest BCUT2D eigenvalue weighted by molar-refractivity contribution is 0.0939. The number of aryl methyl sites for hydroxylation is 1. The van der Waals surface area contributed by atoms with Gasteiger partial charge in [-0.25, -0.2) is 0 Å². The number of nitrogens with zero attached hydrogens (tertiary/aromatic N) is 5. The Morgan fingerprint density at radius 2 is 1.92 bits per heavy atom. The number of rotatable bonds is 5. The molecule has 1 amide bonds. The molecular weight excluding hydrogens is 450 g/mol. The lowest BCUT2D eigenvalue weighted by atomic mass is 10.0. The molecule has 3 aromatic heterocycles. The first-order chi connectivity index (χ1) is 17.5. The number of fused-ring (bicyclic) bond motifs is 2. The lowest BCUT2D eigenvalue weighted by Gasteiger charge is -2.16. The van der Waals surface area contributed by atoms with Gasteiger partial charge in [0.15, 0.2) is 0 Å². The summed E-state index contributed by atoms with van der Waals surface area (Å²) in [4.78, 5) is 28.8. The third kappa shape index (κ3) is 4.16. The Kier molecular flexibility index (Phi) is 5.58. The molecule has 0 bridgehead atoms. The van der Waals surface area contributed by atoms with Crippen molar-refractivity contribution in [2.75, 3.05) is 25.5 Å². The predicted octanol–water partition coefficient (Wildman–Crippen LogP) is 4.36. The summed E-state index contributed by atoms with van der Waals surface area (Å²) >= 11 is 0. The van der Waals surface area contributed by atoms with Crippen molar-refractivity contribution in [1.82, 2.24) is 29.7 Å². The van der Waals surface area contributed by atoms with Crippen LogP contribution in [0.3, 0.4) is 0 Å². The Hall–Kier alpha value is -4.30. The van der Waals surface area contributed by atoms with Gasteiger partial charge in [-0.15, -0.1) is 0 Å². The van der Waals surface area contributed by atoms with Gasteiger partial charge in [-0.3, -0.25) is 19.7 Å². The monoisotopic (exact) mass is 477 g/mol. The van der Waals surface area contributed by atoms with Crippen molar-refractivity contribution in [3.05, 3.63) is 79.0 Å². The summed E-state index contributed by atoms with van der Waals surface area (Å²) in [6.07, 6.45) is 9.75. The largest absolute Gasteiger partial charge is 0.354 e. The molecule has 0 aliphatic carbocycles. The number of likely N-dealkylation sites (tertiary alicyclic amines) is 1. The maximum atomic E-state index is 13.1. The minimum absolute atomic E-state index is 0.102. The van der Waals surface area contributed by atoms with Gasteiger partial charge in [0.2, 0.25) is 0 Å². The SMILES string of the molecule is CN1CCC(NC(=O)c2ccncc2Nc2cc(-c3ccc4ccn(C)c4c3)c3nccnc3c2)C1. The summed E-state index contributed by atoms with van der Waals surface area (Å²) in [7, 11) is 4.11. The van der Waals surface area contributed by atoms with Crippen LogP contribution in [-0.2, 0) is 7.05 Å². The van der Waals surface area contributed by atoms with Gasteiger partial charge in [-0.05, 0) is 61.3 Å². The average molecular weight is 478 g/mol. The Morgan fingerprint density at radius 3 is 2.78 bits per heavy atom. The van der Waals surface area contributed by atoms with Crippen molar-refractivity contribution in [3.63, 3.8) is 0 Å². The van der Waals surface area contributed by atoms with Crippen LogP contribution in [0.15, 0.2) is 73.4 Å². The van der Waals surface area contributed by atoms with Crippen molar-refractivity contribution < 1.29 is 4.79 Å². The first-order valence-corrected chi connectivity index (χ1v) is 12.1. The fourth-order valence-corrected chi connectivity index (χ4v) is 4.96. The minimum Gasteiger partial charge on any atom is -0.354 e. The van der Waals surface area contributed by atoms with Crippen molar-refractivity contribution >= 4 is 39.2 Å². The summed E-state index contributed by atoms with van der Waals surface area (Å²) in [5.41, 5.74) is 6.78. The van der Waals surface area contributed by atoms with E-state index in [0.717, 1.165) is 52.9 Å². The number of hydrogen-bond donors (Lipinski definition) is 2. The molecule has 36 heavy (non-hydrogen) atoms. The number of benzene rings is 2. The standard InChI is InChI=1S/C28H27N7O/c1-34-11-7-20(17-34)33-28(36)22-5-8-29-16-25(22)32-21-14-23(27-24(15-21)30-9-10-31-27)19-4-3-18-6-12-35(2)26(18)13-19/h3-6,8-10,12-16,20,32H,7,11,17H2,1-2H3,(H,33,36). The first kappa shape index (κ1) is 22.2. The zero-order chi connectivity index (χ0) is 24.6. The molecule has 1 aliphatic heterocycles. The summed E-state index contributed by atoms with van der Waals surface area (Å²) in [5, 5.41) is 7.78. The number of amides is 1. The second-order valence-electron chi connectivity index (χ2n) is 9.42. The molecule has 4 heterocycles. The molecule has 8 nitrogen and oxygen atoms in total. The van der Waals surface area contributed by atoms with E-state index in [0.29, 0.717) is 11.3 Å². The van der Waals surface area contributed by atoms with Gasteiger partial charge < -0.3 is 20.1 Å². The van der Waals surface area contributed by atoms with Crippen molar-refractivity contribution in [3.8, 4) is 11.1 Å². The molecule has 1 aliphatic rings. The third-order valence-corrected chi connectivity index (χ3v) is 6.84. The minimum atomic E-state index is -0.102. The van der Waals surface area contributed by atoms with Gasteiger partial charge in [-0.1, -0.05) is 12.1 Å². The van der Waals surface area contributed by atoms with Gasteiger partial charge in [0.05, 0.1) is 28.5 Å². The molecule has 2 aromatic carbocycles. The van der Waals surface area contributed by atoms with Gasteiger partial charge >= 0.3 is 0 Å². The van der Waals surface area contributed by atoms with Crippen LogP contribution in [0.4, 0.5) is 11.4 Å². The number of anilines is 2. The van der Waals surface area contributed by atoms with Crippen molar-refractivity contribution in [1.29, 1.82) is 0 Å². The maximum Gasteiger partial charge on any atom is 0.253 e. The second-order valence-corrected chi connectivity index (χ2v) is 9.42. The molecule has 6 rings (SSSR count). The molecule has 0 radical (unpaired) electrons. The van der Waals surface area contributed by atoms with E-state index in [1.54, 1.807) is 30.9 Å². The number of carbonyl (C=O) groups excluding carboxylic acids is 1. The van der Waals surface area contributed by atoms with Gasteiger partial charge in [-0.2, -0.15) is 0 Å². The first-order valence-electron chi connectivity index (χ1n) is 12.1. The highest BCUT2D eigenvalue weighted by atomic mass is 16.1. The fraction of sp³-hybridized carbons (Fsp3) is 0.214. The molecule has 5 aromatic rings. The highest BCUT2D eigenvalue weighted by Crippen LogP contribution is 2.33. The topological polar surface area (TPSA) is 88.0 Å². The highest BCUT2D eigenvalue weighted by Gasteiger charge is 2.23. The predicted molar refractivity (Wildman–Crippen MR) is 142 cm³/mol. The summed E-state index contributed by atoms with van der Waals surface area (Å²) in [6.45, 7) is 1.85. The van der Waals surface area contributed by atoms with E-state index in [1.165, 1.54) is 5.39 Å². The van der Waals surface area contributed by atoms with Crippen LogP contribution in [-0.4, -0.2) is 56.5 Å². The number of pyridine rings is 1. The number of likely N-dealkylation sites (N-methyl/N-ethyl adjacent to an activating group) is 1. The maximum absolute atomic E-state index is 13.1. The average Bonchev–Trinajstić information content (AvgIpc) is 3.48. The van der Waals surface area contributed by atoms with Gasteiger partial charge in [0.25, 0.3) is 5.91 Å². The third-order valence-electron chi connectivity index (χ3n) is 6.84. The molecule has 0 spiro atoms. The number of nitrogens with one attached hydrogen (secondary N) is 2. The van der Waals surface area contributed by atoms with Crippen LogP contribution in [0.1, 0.15) is 16.8 Å². The van der Waals surface area contributed by atoms with E-state index >= 15 is 0 Å². The van der Waals surface area contributed by atoms with Crippen LogP contribution in [0.5, 0.6) is 0 Å². The molecule has 180 valence electrons. The molecule has 1 atom stereocenters. The molecule has 8 heteroatoms. The zero-order valence-electron chi connectivity index (χ0n) is 20.3. The van der Waals surface area contributed by atoms with Gasteiger partial charge in [0, 0.05) is 61.2 Å². The van der Waals surface area contributed by atoms with E-state index in [4.69, 9.17) is 0 Å². The quantitative estimate of drug-likeness (QED) is 0.391. The van der Waals surface area contributed by atoms with E-state index in [1.807, 2.05) is 13.1 Å². The van der Waals surface area contributed by atoms with Crippen LogP contribution in [0.25, 0.3) is 33.1 Å². The Bertz CT molecular complexity index is 1590. The van der Waals surface area contributed by atoms with E-state index in [-0.39, 0.29) is 11.9 Å². The van der Waals surface area contributed by atoms with E-state index in [9.17, 15) is 4.79 Å². The van der Waals surface area contributed by atoms with E-state index < -0.39 is 0 Å². The Balaban J connectivity index is 1.38. The van der Waals surface area contributed by atoms with Crippen LogP contribution in [0, 0.1) is 0 Å². The van der Waals surface area contributed by atoms with Crippen LogP contribution in [0.2, 0.25) is 0 Å². The fourth-order valence-electron chi connectivity index (χ4n) is 4.96. The molecular formula is C28H27N7O. The molecule has 1 unspecified atom stereocenters. The molecule has 1 saturated heterocycles. The number of carbonyl (C=O) groups is 1. The molecule has 2 N–H and O–H groups in total. The summed E-state index contributed by atoms with van der Waals surface area (Å²) < 4.78 is 2.11. The summed E-state index contributed by atoms with van der Waals surface area (Å²) in [6, 6.07) is 14.4. The Labute approximate surface area is 209 Å². The van der Waals surface area contributed by atoms with Crippen LogP contribution >= 0.6 is 0 Å². The highest BCUT2D eigenvalue weighted by molar-refractivity contribution is 6.01. The number of hydrogen-bond acceptors (Lipinski definition) is 6. The number of aromatic nitrogens is 4. The smallest absolute Gasteiger partial charge is 0.253 e. The van der Waals surface area contributed by atoms with E-state index in [2.05, 4.69) is 78.6 Å². The lowest BCUT2D eigenvalue weighted by Crippen LogP contribution is -2.36. The zero-order valence-corrected chi connectivity index (χ0v) is 20.3. The second kappa shape index (κ2) is 9.05. The van der Waals surface area contributed by atoms with Crippen molar-refractivity contribution in [2.24, 2.45) is 7.05 Å². The van der Waals surface area contributed by atoms with Crippen molar-refractivity contribution in [2.45, 2.75) is 12.5 Å². The van der Waals surface area contributed by atoms with Crippen LogP contribution < -0.4 is 10.6 Å². The molecule has 1 fully saturated rings. The van der Waals surface area contributed by atoms with Gasteiger partial charge in [0.1, 0.15) is 0 Å². The Morgan fingerprint density at radius 1 is 1.03 bits per heavy atom. The summed E-state index contributed by atoms with van der Waals surface area (Å²) in [5.74, 6) is -0.102. The normalized spacial score (nSPS) is 16.0.